The fourth-order valence-corrected chi connectivity index (χ4v) is 7.08. The summed E-state index contributed by atoms with van der Waals surface area (Å²) in [6.07, 6.45) is 8.14. The number of amides is 2. The van der Waals surface area contributed by atoms with Crippen LogP contribution in [0.2, 0.25) is 0 Å². The van der Waals surface area contributed by atoms with E-state index in [0.29, 0.717) is 18.4 Å². The third-order valence-corrected chi connectivity index (χ3v) is 9.45. The Bertz CT molecular complexity index is 1040. The quantitative estimate of drug-likeness (QED) is 0.390. The van der Waals surface area contributed by atoms with Crippen LogP contribution in [0, 0.1) is 11.8 Å². The van der Waals surface area contributed by atoms with Crippen LogP contribution in [0.1, 0.15) is 69.9 Å². The van der Waals surface area contributed by atoms with Crippen molar-refractivity contribution in [2.24, 2.45) is 11.8 Å². The second-order valence-electron chi connectivity index (χ2n) is 12.3. The van der Waals surface area contributed by atoms with Gasteiger partial charge in [-0.3, -0.25) is 4.90 Å². The van der Waals surface area contributed by atoms with Crippen molar-refractivity contribution in [3.8, 4) is 5.75 Å². The standard InChI is InChI=1S/C32H45N3O2/c1-25(2)21-33(3)32(28-11-6-5-7-12-28)19-17-31(18-20-32)24-34(22-27-13-15-29(37-4)16-14-27)30(36)35(31)23-26-9-8-10-26/h5-7,11-16,25-26H,8-10,17-24H2,1-4H3/t31-,32+. The monoisotopic (exact) mass is 503 g/mol. The molecule has 0 N–H and O–H groups in total. The molecule has 2 aliphatic carbocycles. The molecule has 0 bridgehead atoms. The fourth-order valence-electron chi connectivity index (χ4n) is 7.08. The molecule has 2 aromatic carbocycles. The third-order valence-electron chi connectivity index (χ3n) is 9.45. The van der Waals surface area contributed by atoms with E-state index in [0.717, 1.165) is 51.1 Å². The first-order valence-corrected chi connectivity index (χ1v) is 14.3. The number of ether oxygens (including phenoxy) is 1. The summed E-state index contributed by atoms with van der Waals surface area (Å²) in [7, 11) is 4.01. The molecule has 5 rings (SSSR count). The molecule has 1 aliphatic heterocycles. The highest BCUT2D eigenvalue weighted by Crippen LogP contribution is 2.50. The summed E-state index contributed by atoms with van der Waals surface area (Å²) in [5, 5.41) is 0. The first-order valence-electron chi connectivity index (χ1n) is 14.3. The summed E-state index contributed by atoms with van der Waals surface area (Å²) in [5.74, 6) is 2.14. The Hall–Kier alpha value is -2.53. The zero-order valence-corrected chi connectivity index (χ0v) is 23.3. The van der Waals surface area contributed by atoms with Crippen molar-refractivity contribution in [1.29, 1.82) is 0 Å². The van der Waals surface area contributed by atoms with Gasteiger partial charge in [0.25, 0.3) is 0 Å². The highest BCUT2D eigenvalue weighted by atomic mass is 16.5. The van der Waals surface area contributed by atoms with E-state index in [1.54, 1.807) is 7.11 Å². The van der Waals surface area contributed by atoms with Crippen LogP contribution in [0.5, 0.6) is 5.75 Å². The molecule has 5 nitrogen and oxygen atoms in total. The molecule has 0 atom stereocenters. The Morgan fingerprint density at radius 1 is 1.00 bits per heavy atom. The van der Waals surface area contributed by atoms with Crippen LogP contribution in [-0.4, -0.2) is 60.1 Å². The van der Waals surface area contributed by atoms with Crippen molar-refractivity contribution >= 4 is 6.03 Å². The molecule has 0 unspecified atom stereocenters. The van der Waals surface area contributed by atoms with Gasteiger partial charge in [-0.2, -0.15) is 0 Å². The zero-order chi connectivity index (χ0) is 26.0. The smallest absolute Gasteiger partial charge is 0.320 e. The van der Waals surface area contributed by atoms with Crippen LogP contribution in [0.4, 0.5) is 4.79 Å². The Kier molecular flexibility index (Phi) is 7.53. The van der Waals surface area contributed by atoms with Gasteiger partial charge in [-0.25, -0.2) is 4.79 Å². The summed E-state index contributed by atoms with van der Waals surface area (Å²) in [5.41, 5.74) is 2.57. The fraction of sp³-hybridized carbons (Fsp3) is 0.594. The molecule has 2 aromatic rings. The molecule has 2 amide bonds. The molecule has 1 saturated heterocycles. The van der Waals surface area contributed by atoms with E-state index in [9.17, 15) is 4.79 Å². The molecule has 2 saturated carbocycles. The number of carbonyl (C=O) groups is 1. The summed E-state index contributed by atoms with van der Waals surface area (Å²) >= 11 is 0. The second-order valence-corrected chi connectivity index (χ2v) is 12.3. The summed E-state index contributed by atoms with van der Waals surface area (Å²) in [6.45, 7) is 8.14. The first-order chi connectivity index (χ1) is 17.8. The van der Waals surface area contributed by atoms with Crippen LogP contribution < -0.4 is 4.74 Å². The Labute approximate surface area is 223 Å². The van der Waals surface area contributed by atoms with E-state index in [2.05, 4.69) is 78.1 Å². The number of carbonyl (C=O) groups excluding carboxylic acids is 1. The Morgan fingerprint density at radius 2 is 1.68 bits per heavy atom. The van der Waals surface area contributed by atoms with E-state index in [4.69, 9.17) is 4.74 Å². The first kappa shape index (κ1) is 26.1. The molecule has 0 radical (unpaired) electrons. The number of rotatable bonds is 9. The lowest BCUT2D eigenvalue weighted by atomic mass is 9.67. The van der Waals surface area contributed by atoms with Crippen molar-refractivity contribution in [2.45, 2.75) is 76.4 Å². The zero-order valence-electron chi connectivity index (χ0n) is 23.3. The maximum absolute atomic E-state index is 13.9. The third kappa shape index (κ3) is 5.12. The average Bonchev–Trinajstić information content (AvgIpc) is 3.12. The van der Waals surface area contributed by atoms with E-state index in [1.165, 1.54) is 30.4 Å². The van der Waals surface area contributed by atoms with Gasteiger partial charge in [0.1, 0.15) is 5.75 Å². The van der Waals surface area contributed by atoms with Crippen LogP contribution in [-0.2, 0) is 12.1 Å². The summed E-state index contributed by atoms with van der Waals surface area (Å²) < 4.78 is 5.34. The largest absolute Gasteiger partial charge is 0.497 e. The average molecular weight is 504 g/mol. The molecule has 3 fully saturated rings. The lowest BCUT2D eigenvalue weighted by molar-refractivity contribution is 0.000189. The number of methoxy groups -OCH3 is 1. The summed E-state index contributed by atoms with van der Waals surface area (Å²) in [4.78, 5) is 21.0. The molecule has 200 valence electrons. The molecule has 1 spiro atoms. The number of urea groups is 1. The maximum atomic E-state index is 13.9. The number of hydrogen-bond donors (Lipinski definition) is 0. The maximum Gasteiger partial charge on any atom is 0.320 e. The minimum absolute atomic E-state index is 0.0331. The predicted molar refractivity (Wildman–Crippen MR) is 150 cm³/mol. The molecule has 37 heavy (non-hydrogen) atoms. The van der Waals surface area contributed by atoms with Gasteiger partial charge in [0.15, 0.2) is 0 Å². The van der Waals surface area contributed by atoms with Gasteiger partial charge in [-0.1, -0.05) is 62.7 Å². The number of hydrogen-bond acceptors (Lipinski definition) is 3. The molecule has 3 aliphatic rings. The van der Waals surface area contributed by atoms with E-state index < -0.39 is 0 Å². The normalized spacial score (nSPS) is 26.4. The predicted octanol–water partition coefficient (Wildman–Crippen LogP) is 6.53. The van der Waals surface area contributed by atoms with Gasteiger partial charge < -0.3 is 14.5 Å². The Morgan fingerprint density at radius 3 is 2.24 bits per heavy atom. The number of benzene rings is 2. The Balaban J connectivity index is 1.40. The van der Waals surface area contributed by atoms with Crippen LogP contribution >= 0.6 is 0 Å². The van der Waals surface area contributed by atoms with Gasteiger partial charge in [-0.05, 0) is 80.7 Å². The van der Waals surface area contributed by atoms with Crippen molar-refractivity contribution in [2.75, 3.05) is 33.8 Å². The van der Waals surface area contributed by atoms with Gasteiger partial charge in [0.2, 0.25) is 0 Å². The van der Waals surface area contributed by atoms with Crippen LogP contribution in [0.25, 0.3) is 0 Å². The van der Waals surface area contributed by atoms with E-state index >= 15 is 0 Å². The highest BCUT2D eigenvalue weighted by Gasteiger charge is 2.55. The van der Waals surface area contributed by atoms with Gasteiger partial charge in [0.05, 0.1) is 12.6 Å². The van der Waals surface area contributed by atoms with Gasteiger partial charge in [0, 0.05) is 31.7 Å². The lowest BCUT2D eigenvalue weighted by Crippen LogP contribution is -2.57. The summed E-state index contributed by atoms with van der Waals surface area (Å²) in [6, 6.07) is 19.5. The highest BCUT2D eigenvalue weighted by molar-refractivity contribution is 5.78. The van der Waals surface area contributed by atoms with Crippen LogP contribution in [0.15, 0.2) is 54.6 Å². The van der Waals surface area contributed by atoms with Crippen molar-refractivity contribution in [3.63, 3.8) is 0 Å². The SMILES string of the molecule is COc1ccc(CN2C[C@]3(CC[C@](c4ccccc4)(N(C)CC(C)C)CC3)N(CC3CCC3)C2=O)cc1. The van der Waals surface area contributed by atoms with Crippen molar-refractivity contribution < 1.29 is 9.53 Å². The molecule has 1 heterocycles. The molecular weight excluding hydrogens is 458 g/mol. The minimum atomic E-state index is -0.0594. The second kappa shape index (κ2) is 10.7. The lowest BCUT2D eigenvalue weighted by Gasteiger charge is -2.52. The molecule has 5 heteroatoms. The van der Waals surface area contributed by atoms with Crippen molar-refractivity contribution in [3.05, 3.63) is 65.7 Å². The number of nitrogens with zero attached hydrogens (tertiary/aromatic N) is 3. The van der Waals surface area contributed by atoms with Crippen LogP contribution in [0.3, 0.4) is 0 Å². The van der Waals surface area contributed by atoms with E-state index in [1.807, 2.05) is 12.1 Å². The minimum Gasteiger partial charge on any atom is -0.497 e. The molecule has 0 aromatic heterocycles. The van der Waals surface area contributed by atoms with E-state index in [-0.39, 0.29) is 17.1 Å². The van der Waals surface area contributed by atoms with Gasteiger partial charge >= 0.3 is 6.03 Å². The van der Waals surface area contributed by atoms with Gasteiger partial charge in [-0.15, -0.1) is 0 Å². The van der Waals surface area contributed by atoms with Crippen molar-refractivity contribution in [1.82, 2.24) is 14.7 Å². The molecular formula is C32H45N3O2. The topological polar surface area (TPSA) is 36.0 Å².